The highest BCUT2D eigenvalue weighted by Crippen LogP contribution is 2.37. The van der Waals surface area contributed by atoms with Gasteiger partial charge in [0.15, 0.2) is 11.3 Å². The summed E-state index contributed by atoms with van der Waals surface area (Å²) in [7, 11) is 1.33. The molecule has 5 rings (SSSR count). The number of hydrogen-bond donors (Lipinski definition) is 1. The first-order valence-electron chi connectivity index (χ1n) is 12.9. The number of rotatable bonds is 9. The number of ether oxygens (including phenoxy) is 1. The molecule has 3 heterocycles. The molecule has 0 radical (unpaired) electrons. The Kier molecular flexibility index (Phi) is 8.39. The molecule has 0 saturated heterocycles. The molecule has 1 amide bonds. The van der Waals surface area contributed by atoms with E-state index < -0.39 is 23.1 Å². The molecule has 1 atom stereocenters. The van der Waals surface area contributed by atoms with Gasteiger partial charge in [0.1, 0.15) is 11.3 Å². The quantitative estimate of drug-likeness (QED) is 0.165. The maximum absolute atomic E-state index is 13.1. The summed E-state index contributed by atoms with van der Waals surface area (Å²) in [5, 5.41) is 1.79. The smallest absolute Gasteiger partial charge is 0.356 e. The number of nitrogens with zero attached hydrogens (tertiary/aromatic N) is 4. The Morgan fingerprint density at radius 2 is 1.80 bits per heavy atom. The fourth-order valence-electron chi connectivity index (χ4n) is 4.66. The third-order valence-corrected chi connectivity index (χ3v) is 8.25. The third-order valence-electron chi connectivity index (χ3n) is 6.62. The average molecular weight is 589 g/mol. The van der Waals surface area contributed by atoms with Gasteiger partial charge in [0, 0.05) is 12.0 Å². The molecule has 0 aliphatic heterocycles. The summed E-state index contributed by atoms with van der Waals surface area (Å²) in [5.41, 5.74) is 4.92. The summed E-state index contributed by atoms with van der Waals surface area (Å²) in [6.45, 7) is 4.48. The molecule has 1 unspecified atom stereocenters. The lowest BCUT2D eigenvalue weighted by molar-refractivity contribution is 0.0594. The maximum Gasteiger partial charge on any atom is 0.356 e. The van der Waals surface area contributed by atoms with Crippen LogP contribution in [-0.4, -0.2) is 42.3 Å². The highest BCUT2D eigenvalue weighted by atomic mass is 32.2. The van der Waals surface area contributed by atoms with Gasteiger partial charge in [0.25, 0.3) is 17.2 Å². The third kappa shape index (κ3) is 5.69. The number of pyridine rings is 1. The van der Waals surface area contributed by atoms with E-state index >= 15 is 0 Å². The predicted octanol–water partition coefficient (Wildman–Crippen LogP) is 6.04. The van der Waals surface area contributed by atoms with Gasteiger partial charge in [-0.05, 0) is 59.7 Å². The van der Waals surface area contributed by atoms with E-state index in [1.807, 2.05) is 35.8 Å². The van der Waals surface area contributed by atoms with Crippen molar-refractivity contribution in [1.29, 1.82) is 0 Å². The Labute approximate surface area is 243 Å². The second-order valence-corrected chi connectivity index (χ2v) is 11.1. The molecule has 0 bridgehead atoms. The van der Waals surface area contributed by atoms with E-state index in [0.29, 0.717) is 28.3 Å². The summed E-state index contributed by atoms with van der Waals surface area (Å²) in [6, 6.07) is 19.6. The Balaban J connectivity index is 1.48. The first-order chi connectivity index (χ1) is 19.8. The largest absolute Gasteiger partial charge is 0.464 e. The zero-order valence-electron chi connectivity index (χ0n) is 22.7. The lowest BCUT2D eigenvalue weighted by atomic mass is 10.1. The number of hydrogen-bond acceptors (Lipinski definition) is 7. The van der Waals surface area contributed by atoms with E-state index in [-0.39, 0.29) is 5.69 Å². The van der Waals surface area contributed by atoms with Gasteiger partial charge < -0.3 is 9.30 Å². The summed E-state index contributed by atoms with van der Waals surface area (Å²) < 4.78 is 30.2. The summed E-state index contributed by atoms with van der Waals surface area (Å²) >= 11 is -1.18. The van der Waals surface area contributed by atoms with E-state index in [1.54, 1.807) is 47.8 Å². The fraction of sp³-hybridized carbons (Fsp3) is 0.200. The predicted molar refractivity (Wildman–Crippen MR) is 160 cm³/mol. The average Bonchev–Trinajstić information content (AvgIpc) is 3.59. The molecule has 9 nitrogen and oxygen atoms in total. The first-order valence-corrected chi connectivity index (χ1v) is 14.9. The minimum Gasteiger partial charge on any atom is -0.464 e. The molecule has 0 fully saturated rings. The van der Waals surface area contributed by atoms with Gasteiger partial charge >= 0.3 is 5.97 Å². The zero-order chi connectivity index (χ0) is 29.1. The monoisotopic (exact) mass is 588 g/mol. The van der Waals surface area contributed by atoms with Crippen LogP contribution in [0.4, 0.5) is 5.69 Å². The van der Waals surface area contributed by atoms with Crippen LogP contribution in [0.15, 0.2) is 72.1 Å². The van der Waals surface area contributed by atoms with Crippen LogP contribution in [0.1, 0.15) is 51.1 Å². The van der Waals surface area contributed by atoms with E-state index in [0.717, 1.165) is 45.2 Å². The number of thiophene rings is 1. The van der Waals surface area contributed by atoms with Crippen LogP contribution in [0, 0.1) is 6.92 Å². The van der Waals surface area contributed by atoms with Crippen molar-refractivity contribution in [2.45, 2.75) is 33.2 Å². The van der Waals surface area contributed by atoms with Gasteiger partial charge in [0.05, 0.1) is 24.2 Å². The number of carbonyl (C=O) groups excluding carboxylic acids is 2. The molecule has 11 heteroatoms. The van der Waals surface area contributed by atoms with Crippen molar-refractivity contribution in [3.63, 3.8) is 0 Å². The number of imidazole rings is 1. The molecule has 1 N–H and O–H groups in total. The summed E-state index contributed by atoms with van der Waals surface area (Å²) in [5.74, 6) is -0.183. The standard InChI is InChI=1S/C30H28N4O5S2/c1-4-8-25-32-26-19(2)17-23(30(36)39-3)31-28(26)33(25)18-20-11-13-21(14-12-20)27-24(15-16-40-27)34(41(37)38)29(35)22-9-6-5-7-10-22/h5-7,9-17H,4,8,18H2,1-3H3,(H,37,38). The molecule has 2 aromatic carbocycles. The molecule has 0 saturated carbocycles. The molecule has 0 spiro atoms. The van der Waals surface area contributed by atoms with Gasteiger partial charge in [-0.25, -0.2) is 23.3 Å². The van der Waals surface area contributed by atoms with Crippen molar-refractivity contribution in [3.05, 3.63) is 100 Å². The normalized spacial score (nSPS) is 11.9. The van der Waals surface area contributed by atoms with Gasteiger partial charge in [-0.2, -0.15) is 0 Å². The highest BCUT2D eigenvalue weighted by molar-refractivity contribution is 7.81. The van der Waals surface area contributed by atoms with E-state index in [9.17, 15) is 18.4 Å². The van der Waals surface area contributed by atoms with Crippen LogP contribution in [0.5, 0.6) is 0 Å². The highest BCUT2D eigenvalue weighted by Gasteiger charge is 2.26. The second-order valence-electron chi connectivity index (χ2n) is 9.38. The van der Waals surface area contributed by atoms with Crippen molar-refractivity contribution < 1.29 is 23.1 Å². The van der Waals surface area contributed by atoms with Crippen molar-refractivity contribution in [2.75, 3.05) is 11.4 Å². The minimum absolute atomic E-state index is 0.234. The number of amides is 1. The van der Waals surface area contributed by atoms with Crippen LogP contribution in [0.25, 0.3) is 21.6 Å². The Morgan fingerprint density at radius 3 is 2.46 bits per heavy atom. The van der Waals surface area contributed by atoms with Crippen LogP contribution in [0.2, 0.25) is 0 Å². The zero-order valence-corrected chi connectivity index (χ0v) is 24.4. The topological polar surface area (TPSA) is 115 Å². The lowest BCUT2D eigenvalue weighted by Crippen LogP contribution is -2.32. The van der Waals surface area contributed by atoms with Gasteiger partial charge in [-0.15, -0.1) is 11.3 Å². The number of fused-ring (bicyclic) bond motifs is 1. The maximum atomic E-state index is 13.1. The number of esters is 1. The van der Waals surface area contributed by atoms with Crippen molar-refractivity contribution >= 4 is 51.3 Å². The SMILES string of the molecule is CCCc1nc2c(C)cc(C(=O)OC)nc2n1Cc1ccc(-c2sccc2N(C(=O)c2ccccc2)S(=O)O)cc1. The van der Waals surface area contributed by atoms with Gasteiger partial charge in [-0.1, -0.05) is 49.4 Å². The molecular weight excluding hydrogens is 560 g/mol. The van der Waals surface area contributed by atoms with Crippen LogP contribution >= 0.6 is 11.3 Å². The molecule has 41 heavy (non-hydrogen) atoms. The van der Waals surface area contributed by atoms with Gasteiger partial charge in [0.2, 0.25) is 0 Å². The molecule has 3 aromatic heterocycles. The number of methoxy groups -OCH3 is 1. The van der Waals surface area contributed by atoms with Crippen molar-refractivity contribution in [3.8, 4) is 10.4 Å². The molecule has 5 aromatic rings. The number of carbonyl (C=O) groups is 2. The number of aryl methyl sites for hydroxylation is 2. The van der Waals surface area contributed by atoms with Crippen LogP contribution in [-0.2, 0) is 29.0 Å². The molecular formula is C30H28N4O5S2. The Bertz CT molecular complexity index is 1750. The van der Waals surface area contributed by atoms with E-state index in [4.69, 9.17) is 9.72 Å². The fourth-order valence-corrected chi connectivity index (χ4v) is 6.17. The van der Waals surface area contributed by atoms with Crippen LogP contribution < -0.4 is 4.31 Å². The van der Waals surface area contributed by atoms with Crippen molar-refractivity contribution in [2.24, 2.45) is 0 Å². The first kappa shape index (κ1) is 28.3. The Hall–Kier alpha value is -4.19. The summed E-state index contributed by atoms with van der Waals surface area (Å²) in [4.78, 5) is 35.5. The molecule has 0 aliphatic carbocycles. The summed E-state index contributed by atoms with van der Waals surface area (Å²) in [6.07, 6.45) is 1.65. The molecule has 210 valence electrons. The van der Waals surface area contributed by atoms with Crippen LogP contribution in [0.3, 0.4) is 0 Å². The number of anilines is 1. The lowest BCUT2D eigenvalue weighted by Gasteiger charge is -2.19. The minimum atomic E-state index is -2.56. The number of benzene rings is 2. The Morgan fingerprint density at radius 1 is 1.07 bits per heavy atom. The van der Waals surface area contributed by atoms with E-state index in [2.05, 4.69) is 11.9 Å². The number of aromatic nitrogens is 3. The van der Waals surface area contributed by atoms with Gasteiger partial charge in [-0.3, -0.25) is 9.35 Å². The van der Waals surface area contributed by atoms with E-state index in [1.165, 1.54) is 18.4 Å². The van der Waals surface area contributed by atoms with Crippen molar-refractivity contribution in [1.82, 2.24) is 14.5 Å². The molecule has 0 aliphatic rings. The second kappa shape index (κ2) is 12.1.